The van der Waals surface area contributed by atoms with Crippen LogP contribution in [0.4, 0.5) is 13.2 Å². The van der Waals surface area contributed by atoms with Crippen molar-refractivity contribution < 1.29 is 23.1 Å². The lowest BCUT2D eigenvalue weighted by Gasteiger charge is -2.09. The Morgan fingerprint density at radius 2 is 1.43 bits per heavy atom. The molecular weight excluding hydrogens is 367 g/mol. The topological polar surface area (TPSA) is 50.2 Å². The second-order valence-corrected chi connectivity index (χ2v) is 6.22. The van der Waals surface area contributed by atoms with Gasteiger partial charge >= 0.3 is 5.97 Å². The maximum Gasteiger partial charge on any atom is 0.336 e. The zero-order valence-electron chi connectivity index (χ0n) is 14.3. The molecule has 0 amide bonds. The molecule has 0 aliphatic rings. The number of fused-ring (bicyclic) bond motifs is 1. The van der Waals surface area contributed by atoms with E-state index < -0.39 is 23.4 Å². The molecule has 6 heteroatoms. The van der Waals surface area contributed by atoms with Crippen LogP contribution in [0.5, 0.6) is 0 Å². The van der Waals surface area contributed by atoms with Crippen molar-refractivity contribution in [2.24, 2.45) is 0 Å². The number of carboxylic acid groups (broad SMARTS) is 1. The average Bonchev–Trinajstić information content (AvgIpc) is 2.67. The zero-order valence-corrected chi connectivity index (χ0v) is 14.3. The predicted octanol–water partition coefficient (Wildman–Crippen LogP) is 5.68. The molecule has 1 N–H and O–H groups in total. The first-order valence-electron chi connectivity index (χ1n) is 8.32. The molecular formula is C22H12F3NO2. The third kappa shape index (κ3) is 3.20. The van der Waals surface area contributed by atoms with Crippen molar-refractivity contribution in [1.82, 2.24) is 4.98 Å². The van der Waals surface area contributed by atoms with Gasteiger partial charge in [0.05, 0.1) is 16.8 Å². The number of benzene rings is 3. The Bertz CT molecular complexity index is 1220. The number of hydrogen-bond donors (Lipinski definition) is 1. The zero-order chi connectivity index (χ0) is 19.8. The van der Waals surface area contributed by atoms with Gasteiger partial charge in [-0.05, 0) is 42.0 Å². The van der Waals surface area contributed by atoms with E-state index >= 15 is 0 Å². The van der Waals surface area contributed by atoms with Crippen LogP contribution >= 0.6 is 0 Å². The van der Waals surface area contributed by atoms with Gasteiger partial charge in [-0.15, -0.1) is 0 Å². The summed E-state index contributed by atoms with van der Waals surface area (Å²) in [5.74, 6) is -3.07. The summed E-state index contributed by atoms with van der Waals surface area (Å²) in [7, 11) is 0. The quantitative estimate of drug-likeness (QED) is 0.498. The van der Waals surface area contributed by atoms with E-state index in [0.717, 1.165) is 12.1 Å². The van der Waals surface area contributed by atoms with E-state index in [1.54, 1.807) is 24.3 Å². The molecule has 1 aromatic heterocycles. The van der Waals surface area contributed by atoms with E-state index in [2.05, 4.69) is 4.98 Å². The minimum atomic E-state index is -1.19. The Kier molecular flexibility index (Phi) is 4.31. The number of halogens is 3. The standard InChI is InChI=1S/C22H12F3NO2/c23-14-6-8-20-17(9-14)18(22(27)28)11-21(26-20)13-3-1-12(2-4-13)16-7-5-15(24)10-19(16)25/h1-11H,(H,27,28). The first-order valence-corrected chi connectivity index (χ1v) is 8.32. The fourth-order valence-electron chi connectivity index (χ4n) is 3.07. The lowest BCUT2D eigenvalue weighted by Crippen LogP contribution is -2.00. The summed E-state index contributed by atoms with van der Waals surface area (Å²) in [5.41, 5.74) is 2.09. The Hall–Kier alpha value is -3.67. The number of nitrogens with zero attached hydrogens (tertiary/aromatic N) is 1. The fourth-order valence-corrected chi connectivity index (χ4v) is 3.07. The third-order valence-corrected chi connectivity index (χ3v) is 4.42. The van der Waals surface area contributed by atoms with Crippen LogP contribution in [-0.4, -0.2) is 16.1 Å². The monoisotopic (exact) mass is 379 g/mol. The molecule has 0 fully saturated rings. The Morgan fingerprint density at radius 1 is 0.786 bits per heavy atom. The molecule has 3 nitrogen and oxygen atoms in total. The van der Waals surface area contributed by atoms with Crippen LogP contribution in [0, 0.1) is 17.5 Å². The highest BCUT2D eigenvalue weighted by molar-refractivity contribution is 6.03. The van der Waals surface area contributed by atoms with Gasteiger partial charge in [-0.25, -0.2) is 22.9 Å². The third-order valence-electron chi connectivity index (χ3n) is 4.42. The SMILES string of the molecule is O=C(O)c1cc(-c2ccc(-c3ccc(F)cc3F)cc2)nc2ccc(F)cc12. The molecule has 0 atom stereocenters. The van der Waals surface area contributed by atoms with Crippen LogP contribution in [0.15, 0.2) is 66.7 Å². The molecule has 0 spiro atoms. The van der Waals surface area contributed by atoms with E-state index in [1.807, 2.05) is 0 Å². The van der Waals surface area contributed by atoms with Gasteiger partial charge in [-0.2, -0.15) is 0 Å². The highest BCUT2D eigenvalue weighted by Crippen LogP contribution is 2.29. The van der Waals surface area contributed by atoms with Gasteiger partial charge in [0.2, 0.25) is 0 Å². The number of hydrogen-bond acceptors (Lipinski definition) is 2. The lowest BCUT2D eigenvalue weighted by molar-refractivity contribution is 0.0699. The molecule has 0 radical (unpaired) electrons. The van der Waals surface area contributed by atoms with Crippen molar-refractivity contribution >= 4 is 16.9 Å². The van der Waals surface area contributed by atoms with Gasteiger partial charge in [-0.1, -0.05) is 24.3 Å². The molecule has 0 aliphatic heterocycles. The second kappa shape index (κ2) is 6.81. The highest BCUT2D eigenvalue weighted by atomic mass is 19.1. The van der Waals surface area contributed by atoms with Gasteiger partial charge < -0.3 is 5.11 Å². The maximum atomic E-state index is 14.0. The first-order chi connectivity index (χ1) is 13.4. The van der Waals surface area contributed by atoms with Crippen molar-refractivity contribution in [3.05, 3.63) is 89.7 Å². The predicted molar refractivity (Wildman–Crippen MR) is 99.4 cm³/mol. The summed E-state index contributed by atoms with van der Waals surface area (Å²) in [6.07, 6.45) is 0. The maximum absolute atomic E-state index is 14.0. The molecule has 28 heavy (non-hydrogen) atoms. The number of rotatable bonds is 3. The van der Waals surface area contributed by atoms with Crippen molar-refractivity contribution in [2.75, 3.05) is 0 Å². The van der Waals surface area contributed by atoms with E-state index in [1.165, 1.54) is 30.3 Å². The molecule has 0 saturated heterocycles. The van der Waals surface area contributed by atoms with Crippen LogP contribution in [0.1, 0.15) is 10.4 Å². The first kappa shape index (κ1) is 17.7. The summed E-state index contributed by atoms with van der Waals surface area (Å²) in [5, 5.41) is 9.68. The summed E-state index contributed by atoms with van der Waals surface area (Å²) >= 11 is 0. The van der Waals surface area contributed by atoms with Crippen LogP contribution in [-0.2, 0) is 0 Å². The Morgan fingerprint density at radius 3 is 2.11 bits per heavy atom. The molecule has 1 heterocycles. The van der Waals surface area contributed by atoms with Crippen LogP contribution in [0.2, 0.25) is 0 Å². The smallest absolute Gasteiger partial charge is 0.336 e. The molecule has 4 rings (SSSR count). The minimum absolute atomic E-state index is 0.0619. The van der Waals surface area contributed by atoms with E-state index in [0.29, 0.717) is 22.3 Å². The van der Waals surface area contributed by atoms with Crippen molar-refractivity contribution in [3.63, 3.8) is 0 Å². The summed E-state index contributed by atoms with van der Waals surface area (Å²) in [4.78, 5) is 16.0. The average molecular weight is 379 g/mol. The summed E-state index contributed by atoms with van der Waals surface area (Å²) in [6.45, 7) is 0. The molecule has 0 unspecified atom stereocenters. The lowest BCUT2D eigenvalue weighted by atomic mass is 10.0. The second-order valence-electron chi connectivity index (χ2n) is 6.22. The molecule has 0 bridgehead atoms. The van der Waals surface area contributed by atoms with Crippen LogP contribution in [0.3, 0.4) is 0 Å². The summed E-state index contributed by atoms with van der Waals surface area (Å²) < 4.78 is 40.5. The van der Waals surface area contributed by atoms with Gasteiger partial charge in [0, 0.05) is 22.6 Å². The van der Waals surface area contributed by atoms with Crippen LogP contribution < -0.4 is 0 Å². The van der Waals surface area contributed by atoms with Crippen LogP contribution in [0.25, 0.3) is 33.3 Å². The molecule has 0 saturated carbocycles. The number of carboxylic acids is 1. The van der Waals surface area contributed by atoms with Gasteiger partial charge in [0.15, 0.2) is 0 Å². The van der Waals surface area contributed by atoms with Crippen molar-refractivity contribution in [1.29, 1.82) is 0 Å². The largest absolute Gasteiger partial charge is 0.478 e. The van der Waals surface area contributed by atoms with E-state index in [9.17, 15) is 23.1 Å². The van der Waals surface area contributed by atoms with Crippen molar-refractivity contribution in [3.8, 4) is 22.4 Å². The van der Waals surface area contributed by atoms with Gasteiger partial charge in [-0.3, -0.25) is 0 Å². The molecule has 3 aromatic carbocycles. The highest BCUT2D eigenvalue weighted by Gasteiger charge is 2.14. The van der Waals surface area contributed by atoms with Gasteiger partial charge in [0.1, 0.15) is 17.5 Å². The molecule has 0 aliphatic carbocycles. The normalized spacial score (nSPS) is 11.0. The molecule has 4 aromatic rings. The summed E-state index contributed by atoms with van der Waals surface area (Å²) in [6, 6.07) is 15.1. The number of carbonyl (C=O) groups is 1. The van der Waals surface area contributed by atoms with E-state index in [-0.39, 0.29) is 16.5 Å². The number of aromatic nitrogens is 1. The van der Waals surface area contributed by atoms with E-state index in [4.69, 9.17) is 0 Å². The minimum Gasteiger partial charge on any atom is -0.478 e. The Balaban J connectivity index is 1.80. The number of aromatic carboxylic acids is 1. The van der Waals surface area contributed by atoms with Gasteiger partial charge in [0.25, 0.3) is 0 Å². The number of pyridine rings is 1. The Labute approximate surface area is 157 Å². The van der Waals surface area contributed by atoms with Crippen molar-refractivity contribution in [2.45, 2.75) is 0 Å². The molecule has 138 valence electrons. The fraction of sp³-hybridized carbons (Fsp3) is 0.